The first kappa shape index (κ1) is 19.6. The molecule has 1 aliphatic heterocycles. The maximum atomic E-state index is 12.2. The number of hydrogen-bond donors (Lipinski definition) is 2. The van der Waals surface area contributed by atoms with Crippen molar-refractivity contribution in [1.82, 2.24) is 4.90 Å². The lowest BCUT2D eigenvalue weighted by Crippen LogP contribution is -2.50. The van der Waals surface area contributed by atoms with Gasteiger partial charge < -0.3 is 30.4 Å². The predicted octanol–water partition coefficient (Wildman–Crippen LogP) is 2.11. The maximum Gasteiger partial charge on any atom is 0.410 e. The fraction of sp³-hybridized carbons (Fsp3) is 0.500. The van der Waals surface area contributed by atoms with Gasteiger partial charge in [-0.2, -0.15) is 0 Å². The summed E-state index contributed by atoms with van der Waals surface area (Å²) in [4.78, 5) is 27.6. The zero-order valence-corrected chi connectivity index (χ0v) is 15.7. The Balaban J connectivity index is 2.14. The van der Waals surface area contributed by atoms with E-state index in [-0.39, 0.29) is 17.3 Å². The number of carbonyl (C=O) groups is 2. The summed E-state index contributed by atoms with van der Waals surface area (Å²) in [6, 6.07) is 3.36. The molecule has 0 aliphatic carbocycles. The Bertz CT molecular complexity index is 704. The summed E-state index contributed by atoms with van der Waals surface area (Å²) < 4.78 is 10.1. The first-order valence-electron chi connectivity index (χ1n) is 8.42. The van der Waals surface area contributed by atoms with E-state index < -0.39 is 11.6 Å². The van der Waals surface area contributed by atoms with Crippen molar-refractivity contribution in [3.63, 3.8) is 0 Å². The normalized spacial score (nSPS) is 14.8. The van der Waals surface area contributed by atoms with Crippen LogP contribution in [0.25, 0.3) is 0 Å². The molecule has 0 saturated carbocycles. The Morgan fingerprint density at radius 3 is 2.31 bits per heavy atom. The third-order valence-electron chi connectivity index (χ3n) is 4.09. The fourth-order valence-electron chi connectivity index (χ4n) is 2.80. The van der Waals surface area contributed by atoms with Gasteiger partial charge in [0.1, 0.15) is 5.60 Å². The van der Waals surface area contributed by atoms with Crippen LogP contribution in [0.5, 0.6) is 0 Å². The maximum absolute atomic E-state index is 12.2. The number of nitrogens with two attached hydrogens (primary N) is 1. The van der Waals surface area contributed by atoms with E-state index in [2.05, 4.69) is 0 Å². The third-order valence-corrected chi connectivity index (χ3v) is 4.09. The molecule has 26 heavy (non-hydrogen) atoms. The second-order valence-corrected chi connectivity index (χ2v) is 7.05. The second kappa shape index (κ2) is 7.63. The SMILES string of the molecule is COC(=O)c1ccc(N2CCN(C(=O)OC(C)(C)C)CC2)c(C=N)c1N. The van der Waals surface area contributed by atoms with E-state index in [1.54, 1.807) is 17.0 Å². The summed E-state index contributed by atoms with van der Waals surface area (Å²) in [7, 11) is 1.29. The molecule has 1 fully saturated rings. The molecule has 3 N–H and O–H groups in total. The van der Waals surface area contributed by atoms with Crippen LogP contribution in [0.15, 0.2) is 12.1 Å². The Hall–Kier alpha value is -2.77. The van der Waals surface area contributed by atoms with Gasteiger partial charge in [0.25, 0.3) is 0 Å². The Morgan fingerprint density at radius 1 is 1.19 bits per heavy atom. The molecule has 142 valence electrons. The van der Waals surface area contributed by atoms with Crippen LogP contribution < -0.4 is 10.6 Å². The minimum atomic E-state index is -0.535. The number of nitrogens with zero attached hydrogens (tertiary/aromatic N) is 2. The van der Waals surface area contributed by atoms with E-state index in [1.807, 2.05) is 25.7 Å². The van der Waals surface area contributed by atoms with E-state index in [4.69, 9.17) is 20.6 Å². The Kier molecular flexibility index (Phi) is 5.74. The average Bonchev–Trinajstić information content (AvgIpc) is 2.59. The number of esters is 1. The zero-order valence-electron chi connectivity index (χ0n) is 15.7. The minimum Gasteiger partial charge on any atom is -0.465 e. The summed E-state index contributed by atoms with van der Waals surface area (Å²) in [5.74, 6) is -0.535. The summed E-state index contributed by atoms with van der Waals surface area (Å²) in [6.45, 7) is 7.68. The quantitative estimate of drug-likeness (QED) is 0.484. The highest BCUT2D eigenvalue weighted by Crippen LogP contribution is 2.29. The molecule has 1 amide bonds. The molecule has 8 heteroatoms. The number of rotatable bonds is 3. The van der Waals surface area contributed by atoms with Gasteiger partial charge in [0.15, 0.2) is 0 Å². The lowest BCUT2D eigenvalue weighted by atomic mass is 10.0. The number of hydrogen-bond acceptors (Lipinski definition) is 7. The van der Waals surface area contributed by atoms with Gasteiger partial charge in [-0.15, -0.1) is 0 Å². The smallest absolute Gasteiger partial charge is 0.410 e. The fourth-order valence-corrected chi connectivity index (χ4v) is 2.80. The number of ether oxygens (including phenoxy) is 2. The highest BCUT2D eigenvalue weighted by Gasteiger charge is 2.27. The average molecular weight is 362 g/mol. The van der Waals surface area contributed by atoms with Crippen LogP contribution in [0.3, 0.4) is 0 Å². The van der Waals surface area contributed by atoms with Gasteiger partial charge >= 0.3 is 12.1 Å². The first-order valence-corrected chi connectivity index (χ1v) is 8.42. The molecule has 0 atom stereocenters. The van der Waals surface area contributed by atoms with Crippen LogP contribution in [0.1, 0.15) is 36.7 Å². The predicted molar refractivity (Wildman–Crippen MR) is 100 cm³/mol. The highest BCUT2D eigenvalue weighted by molar-refractivity contribution is 6.03. The molecule has 1 saturated heterocycles. The Labute approximate surface area is 153 Å². The summed E-state index contributed by atoms with van der Waals surface area (Å²) in [5, 5.41) is 7.68. The lowest BCUT2D eigenvalue weighted by molar-refractivity contribution is 0.0240. The van der Waals surface area contributed by atoms with Crippen LogP contribution in [0, 0.1) is 5.41 Å². The molecule has 2 rings (SSSR count). The number of nitrogens with one attached hydrogen (secondary N) is 1. The number of amides is 1. The lowest BCUT2D eigenvalue weighted by Gasteiger charge is -2.37. The van der Waals surface area contributed by atoms with Gasteiger partial charge in [-0.05, 0) is 32.9 Å². The number of nitrogen functional groups attached to an aromatic ring is 1. The van der Waals surface area contributed by atoms with Crippen molar-refractivity contribution in [2.24, 2.45) is 0 Å². The molecule has 1 aromatic carbocycles. The van der Waals surface area contributed by atoms with Crippen molar-refractivity contribution in [1.29, 1.82) is 5.41 Å². The number of piperazine rings is 1. The molecular weight excluding hydrogens is 336 g/mol. The van der Waals surface area contributed by atoms with E-state index >= 15 is 0 Å². The van der Waals surface area contributed by atoms with Crippen LogP contribution in [0.2, 0.25) is 0 Å². The van der Waals surface area contributed by atoms with Gasteiger partial charge in [-0.3, -0.25) is 0 Å². The molecule has 1 aromatic rings. The standard InChI is InChI=1S/C18H26N4O4/c1-18(2,3)26-17(24)22-9-7-21(8-10-22)14-6-5-12(16(23)25-4)15(20)13(14)11-19/h5-6,11,19H,7-10,20H2,1-4H3. The van der Waals surface area contributed by atoms with Crippen LogP contribution >= 0.6 is 0 Å². The summed E-state index contributed by atoms with van der Waals surface area (Å²) >= 11 is 0. The third kappa shape index (κ3) is 4.25. The van der Waals surface area contributed by atoms with Gasteiger partial charge in [0.2, 0.25) is 0 Å². The molecule has 0 radical (unpaired) electrons. The highest BCUT2D eigenvalue weighted by atomic mass is 16.6. The molecule has 0 aromatic heterocycles. The summed E-state index contributed by atoms with van der Waals surface area (Å²) in [6.07, 6.45) is 0.808. The van der Waals surface area contributed by atoms with Crippen LogP contribution in [0.4, 0.5) is 16.2 Å². The molecule has 0 spiro atoms. The Morgan fingerprint density at radius 2 is 1.81 bits per heavy atom. The van der Waals surface area contributed by atoms with Crippen LogP contribution in [-0.4, -0.2) is 62.1 Å². The van der Waals surface area contributed by atoms with E-state index in [9.17, 15) is 9.59 Å². The number of carbonyl (C=O) groups excluding carboxylic acids is 2. The van der Waals surface area contributed by atoms with Crippen molar-refractivity contribution in [3.05, 3.63) is 23.3 Å². The van der Waals surface area contributed by atoms with Crippen molar-refractivity contribution >= 4 is 29.7 Å². The van der Waals surface area contributed by atoms with Crippen molar-refractivity contribution in [2.75, 3.05) is 43.9 Å². The zero-order chi connectivity index (χ0) is 19.5. The number of benzene rings is 1. The largest absolute Gasteiger partial charge is 0.465 e. The van der Waals surface area contributed by atoms with E-state index in [1.165, 1.54) is 7.11 Å². The molecular formula is C18H26N4O4. The van der Waals surface area contributed by atoms with Crippen LogP contribution in [-0.2, 0) is 9.47 Å². The molecule has 1 heterocycles. The molecule has 8 nitrogen and oxygen atoms in total. The topological polar surface area (TPSA) is 109 Å². The number of methoxy groups -OCH3 is 1. The van der Waals surface area contributed by atoms with E-state index in [0.29, 0.717) is 31.7 Å². The first-order chi connectivity index (χ1) is 12.2. The molecule has 0 unspecified atom stereocenters. The minimum absolute atomic E-state index is 0.221. The van der Waals surface area contributed by atoms with Crippen molar-refractivity contribution in [3.8, 4) is 0 Å². The van der Waals surface area contributed by atoms with Crippen molar-refractivity contribution < 1.29 is 19.1 Å². The summed E-state index contributed by atoms with van der Waals surface area (Å²) in [5.41, 5.74) is 7.22. The number of anilines is 2. The van der Waals surface area contributed by atoms with Crippen molar-refractivity contribution in [2.45, 2.75) is 26.4 Å². The van der Waals surface area contributed by atoms with Gasteiger partial charge in [-0.25, -0.2) is 9.59 Å². The second-order valence-electron chi connectivity index (χ2n) is 7.05. The monoisotopic (exact) mass is 362 g/mol. The van der Waals surface area contributed by atoms with E-state index in [0.717, 1.165) is 11.9 Å². The van der Waals surface area contributed by atoms with Gasteiger partial charge in [0, 0.05) is 43.6 Å². The molecule has 1 aliphatic rings. The van der Waals surface area contributed by atoms with Gasteiger partial charge in [0.05, 0.1) is 18.4 Å². The van der Waals surface area contributed by atoms with Gasteiger partial charge in [-0.1, -0.05) is 0 Å². The molecule has 0 bridgehead atoms.